The maximum Gasteiger partial charge on any atom is 0.267 e. The second-order valence-corrected chi connectivity index (χ2v) is 6.82. The van der Waals surface area contributed by atoms with Gasteiger partial charge in [0.15, 0.2) is 0 Å². The molecule has 1 unspecified atom stereocenters. The molecule has 1 atom stereocenters. The zero-order valence-electron chi connectivity index (χ0n) is 11.8. The Morgan fingerprint density at radius 3 is 2.68 bits per heavy atom. The molecular weight excluding hydrogens is 262 g/mol. The molecule has 0 aromatic carbocycles. The van der Waals surface area contributed by atoms with Gasteiger partial charge in [0.2, 0.25) is 0 Å². The number of piperidine rings is 1. The van der Waals surface area contributed by atoms with Crippen LogP contribution in [0, 0.1) is 5.92 Å². The van der Waals surface area contributed by atoms with Gasteiger partial charge in [-0.3, -0.25) is 9.59 Å². The van der Waals surface area contributed by atoms with Crippen molar-refractivity contribution >= 4 is 23.2 Å². The van der Waals surface area contributed by atoms with Gasteiger partial charge in [-0.2, -0.15) is 0 Å². The summed E-state index contributed by atoms with van der Waals surface area (Å²) >= 11 is 1.14. The lowest BCUT2D eigenvalue weighted by atomic mass is 9.91. The first kappa shape index (κ1) is 14.1. The van der Waals surface area contributed by atoms with Crippen LogP contribution in [0.15, 0.2) is 0 Å². The highest BCUT2D eigenvalue weighted by molar-refractivity contribution is 7.08. The van der Waals surface area contributed by atoms with Gasteiger partial charge in [-0.1, -0.05) is 32.2 Å². The van der Waals surface area contributed by atoms with E-state index in [4.69, 9.17) is 0 Å². The minimum atomic E-state index is -0.199. The Hall–Kier alpha value is -1.30. The molecule has 1 aliphatic rings. The first-order valence-corrected chi connectivity index (χ1v) is 7.23. The average Bonchev–Trinajstić information content (AvgIpc) is 2.80. The van der Waals surface area contributed by atoms with Gasteiger partial charge in [0.25, 0.3) is 5.91 Å². The zero-order chi connectivity index (χ0) is 14.2. The Morgan fingerprint density at radius 1 is 1.42 bits per heavy atom. The van der Waals surface area contributed by atoms with Crippen molar-refractivity contribution in [3.8, 4) is 0 Å². The number of amides is 1. The van der Waals surface area contributed by atoms with Crippen LogP contribution < -0.4 is 0 Å². The fourth-order valence-corrected chi connectivity index (χ4v) is 3.01. The number of carbonyl (C=O) groups excluding carboxylic acids is 2. The highest BCUT2D eigenvalue weighted by Gasteiger charge is 2.32. The highest BCUT2D eigenvalue weighted by atomic mass is 32.1. The summed E-state index contributed by atoms with van der Waals surface area (Å²) in [4.78, 5) is 26.4. The summed E-state index contributed by atoms with van der Waals surface area (Å²) in [5.41, 5.74) is 0.543. The van der Waals surface area contributed by atoms with E-state index in [-0.39, 0.29) is 23.0 Å². The smallest absolute Gasteiger partial charge is 0.267 e. The number of nitrogens with zero attached hydrogens (tertiary/aromatic N) is 3. The van der Waals surface area contributed by atoms with Crippen LogP contribution in [-0.2, 0) is 10.2 Å². The third-order valence-electron chi connectivity index (χ3n) is 3.35. The first-order valence-electron chi connectivity index (χ1n) is 6.45. The number of ketones is 1. The molecule has 0 saturated carbocycles. The Labute approximate surface area is 117 Å². The molecule has 2 rings (SSSR count). The molecular formula is C13H19N3O2S. The summed E-state index contributed by atoms with van der Waals surface area (Å²) in [5, 5.41) is 4.09. The first-order chi connectivity index (χ1) is 8.80. The Kier molecular flexibility index (Phi) is 3.71. The summed E-state index contributed by atoms with van der Waals surface area (Å²) < 4.78 is 3.92. The quantitative estimate of drug-likeness (QED) is 0.788. The van der Waals surface area contributed by atoms with E-state index in [1.54, 1.807) is 4.90 Å². The monoisotopic (exact) mass is 281 g/mol. The van der Waals surface area contributed by atoms with Crippen LogP contribution in [0.2, 0.25) is 0 Å². The fourth-order valence-electron chi connectivity index (χ4n) is 2.16. The summed E-state index contributed by atoms with van der Waals surface area (Å²) in [7, 11) is 0. The van der Waals surface area contributed by atoms with Gasteiger partial charge < -0.3 is 4.90 Å². The zero-order valence-corrected chi connectivity index (χ0v) is 12.6. The predicted octanol–water partition coefficient (Wildman–Crippen LogP) is 1.89. The summed E-state index contributed by atoms with van der Waals surface area (Å²) in [5.74, 6) is 0.124. The summed E-state index contributed by atoms with van der Waals surface area (Å²) in [6, 6.07) is 0. The number of hydrogen-bond acceptors (Lipinski definition) is 5. The van der Waals surface area contributed by atoms with Crippen molar-refractivity contribution in [2.75, 3.05) is 13.1 Å². The van der Waals surface area contributed by atoms with Crippen molar-refractivity contribution in [1.82, 2.24) is 14.5 Å². The van der Waals surface area contributed by atoms with E-state index >= 15 is 0 Å². The van der Waals surface area contributed by atoms with Crippen LogP contribution in [0.5, 0.6) is 0 Å². The molecule has 19 heavy (non-hydrogen) atoms. The van der Waals surface area contributed by atoms with Gasteiger partial charge in [-0.05, 0) is 11.5 Å². The maximum absolute atomic E-state index is 12.5. The van der Waals surface area contributed by atoms with E-state index in [1.165, 1.54) is 0 Å². The van der Waals surface area contributed by atoms with E-state index in [9.17, 15) is 9.59 Å². The van der Waals surface area contributed by atoms with Crippen LogP contribution in [0.25, 0.3) is 0 Å². The van der Waals surface area contributed by atoms with E-state index in [0.717, 1.165) is 17.2 Å². The minimum Gasteiger partial charge on any atom is -0.337 e. The van der Waals surface area contributed by atoms with Gasteiger partial charge in [-0.25, -0.2) is 0 Å². The lowest BCUT2D eigenvalue weighted by Gasteiger charge is -2.30. The highest BCUT2D eigenvalue weighted by Crippen LogP contribution is 2.27. The molecule has 0 aliphatic carbocycles. The Balaban J connectivity index is 2.21. The molecule has 5 nitrogen and oxygen atoms in total. The lowest BCUT2D eigenvalue weighted by molar-refractivity contribution is -0.124. The number of carbonyl (C=O) groups is 2. The second kappa shape index (κ2) is 5.00. The molecule has 1 aliphatic heterocycles. The van der Waals surface area contributed by atoms with Gasteiger partial charge in [0.1, 0.15) is 10.7 Å². The third kappa shape index (κ3) is 2.83. The minimum absolute atomic E-state index is 0.0423. The maximum atomic E-state index is 12.5. The lowest BCUT2D eigenvalue weighted by Crippen LogP contribution is -2.43. The standard InChI is InChI=1S/C13H19N3O2S/c1-8-7-16(6-5-9(8)17)12(18)10-11(13(2,3)4)14-15-19-10/h8H,5-7H2,1-4H3. The van der Waals surface area contributed by atoms with Crippen LogP contribution >= 0.6 is 11.5 Å². The number of aromatic nitrogens is 2. The van der Waals surface area contributed by atoms with Crippen molar-refractivity contribution in [1.29, 1.82) is 0 Å². The largest absolute Gasteiger partial charge is 0.337 e. The SMILES string of the molecule is CC1CN(C(=O)c2snnc2C(C)(C)C)CCC1=O. The van der Waals surface area contributed by atoms with E-state index in [1.807, 2.05) is 27.7 Å². The number of Topliss-reactive ketones (excluding diaryl/α,β-unsaturated/α-hetero) is 1. The topological polar surface area (TPSA) is 63.2 Å². The molecule has 0 radical (unpaired) electrons. The van der Waals surface area contributed by atoms with Crippen molar-refractivity contribution in [2.45, 2.75) is 39.5 Å². The average molecular weight is 281 g/mol. The van der Waals surface area contributed by atoms with Crippen molar-refractivity contribution in [3.05, 3.63) is 10.6 Å². The van der Waals surface area contributed by atoms with Gasteiger partial charge >= 0.3 is 0 Å². The van der Waals surface area contributed by atoms with Gasteiger partial charge in [0, 0.05) is 30.8 Å². The molecule has 1 saturated heterocycles. The summed E-state index contributed by atoms with van der Waals surface area (Å²) in [6.07, 6.45) is 0.448. The second-order valence-electron chi connectivity index (χ2n) is 6.07. The molecule has 1 aromatic heterocycles. The number of hydrogen-bond donors (Lipinski definition) is 0. The Bertz CT molecular complexity index is 504. The van der Waals surface area contributed by atoms with Crippen molar-refractivity contribution < 1.29 is 9.59 Å². The third-order valence-corrected chi connectivity index (χ3v) is 4.07. The van der Waals surface area contributed by atoms with Gasteiger partial charge in [-0.15, -0.1) is 5.10 Å². The molecule has 104 valence electrons. The van der Waals surface area contributed by atoms with Crippen LogP contribution in [0.4, 0.5) is 0 Å². The summed E-state index contributed by atoms with van der Waals surface area (Å²) in [6.45, 7) is 8.93. The van der Waals surface area contributed by atoms with Crippen LogP contribution in [-0.4, -0.2) is 39.3 Å². The van der Waals surface area contributed by atoms with Crippen LogP contribution in [0.1, 0.15) is 49.5 Å². The van der Waals surface area contributed by atoms with E-state index in [2.05, 4.69) is 9.59 Å². The molecule has 1 fully saturated rings. The molecule has 6 heteroatoms. The predicted molar refractivity (Wildman–Crippen MR) is 73.3 cm³/mol. The molecule has 1 amide bonds. The molecule has 0 N–H and O–H groups in total. The molecule has 0 bridgehead atoms. The van der Waals surface area contributed by atoms with Crippen molar-refractivity contribution in [2.24, 2.45) is 5.92 Å². The normalized spacial score (nSPS) is 20.7. The molecule has 0 spiro atoms. The van der Waals surface area contributed by atoms with Gasteiger partial charge in [0.05, 0.1) is 5.69 Å². The van der Waals surface area contributed by atoms with Crippen LogP contribution in [0.3, 0.4) is 0 Å². The fraction of sp³-hybridized carbons (Fsp3) is 0.692. The number of likely N-dealkylation sites (tertiary alicyclic amines) is 1. The number of rotatable bonds is 1. The molecule has 2 heterocycles. The van der Waals surface area contributed by atoms with Crippen molar-refractivity contribution in [3.63, 3.8) is 0 Å². The Morgan fingerprint density at radius 2 is 2.11 bits per heavy atom. The molecule has 1 aromatic rings. The van der Waals surface area contributed by atoms with E-state index in [0.29, 0.717) is 24.4 Å². The van der Waals surface area contributed by atoms with E-state index < -0.39 is 0 Å².